The molecule has 83 heavy (non-hydrogen) atoms. The molecule has 2 aromatic carbocycles. The van der Waals surface area contributed by atoms with Gasteiger partial charge in [-0.05, 0) is 144 Å². The number of carbonyl (C=O) groups excluding carboxylic acids is 2. The molecule has 2 aliphatic carbocycles. The summed E-state index contributed by atoms with van der Waals surface area (Å²) in [4.78, 5) is 52.8. The van der Waals surface area contributed by atoms with Crippen LogP contribution in [0.3, 0.4) is 0 Å². The fraction of sp³-hybridized carbons (Fsp3) is 0.607. The number of hydrogen-bond acceptors (Lipinski definition) is 19. The number of thioether (sulfide) groups is 1. The first kappa shape index (κ1) is 62.9. The summed E-state index contributed by atoms with van der Waals surface area (Å²) in [6.07, 6.45) is 29.7. The van der Waals surface area contributed by atoms with Crippen LogP contribution in [0.5, 0.6) is 0 Å². The highest BCUT2D eigenvalue weighted by atomic mass is 32.2. The lowest BCUT2D eigenvalue weighted by Crippen LogP contribution is -2.23. The van der Waals surface area contributed by atoms with Gasteiger partial charge in [0.25, 0.3) is 0 Å². The van der Waals surface area contributed by atoms with Crippen LogP contribution in [0, 0.1) is 0 Å². The van der Waals surface area contributed by atoms with Gasteiger partial charge in [0.15, 0.2) is 43.8 Å². The number of nitrogens with one attached hydrogen (secondary N) is 4. The van der Waals surface area contributed by atoms with Crippen molar-refractivity contribution >= 4 is 90.8 Å². The molecule has 4 aromatic heterocycles. The van der Waals surface area contributed by atoms with E-state index < -0.39 is 9.84 Å². The Labute approximate surface area is 494 Å². The number of unbranched alkanes of at least 4 members (excludes halogenated alkanes) is 6. The zero-order valence-corrected chi connectivity index (χ0v) is 49.6. The van der Waals surface area contributed by atoms with Crippen LogP contribution in [0.2, 0.25) is 0 Å². The fourth-order valence-electron chi connectivity index (χ4n) is 11.1. The molecule has 0 bridgehead atoms. The van der Waals surface area contributed by atoms with Crippen LogP contribution in [-0.2, 0) is 38.4 Å². The minimum absolute atomic E-state index is 0. The van der Waals surface area contributed by atoms with E-state index in [1.165, 1.54) is 57.6 Å². The van der Waals surface area contributed by atoms with E-state index in [0.29, 0.717) is 66.8 Å². The van der Waals surface area contributed by atoms with Crippen LogP contribution in [0.25, 0.3) is 22.3 Å². The molecule has 4 N–H and O–H groups in total. The smallest absolute Gasteiger partial charge is 0.305 e. The van der Waals surface area contributed by atoms with Gasteiger partial charge in [-0.2, -0.15) is 19.9 Å². The average Bonchev–Trinajstić information content (AvgIpc) is 3.13. The Morgan fingerprint density at radius 2 is 1.01 bits per heavy atom. The molecule has 22 heteroatoms. The number of aromatic nitrogens is 8. The van der Waals surface area contributed by atoms with Gasteiger partial charge in [0.05, 0.1) is 37.5 Å². The zero-order valence-electron chi connectivity index (χ0n) is 48.0. The predicted molar refractivity (Wildman–Crippen MR) is 328 cm³/mol. The Bertz CT molecular complexity index is 3060. The van der Waals surface area contributed by atoms with E-state index >= 15 is 0 Å². The molecular weight excluding hydrogens is 1090 g/mol. The number of benzene rings is 2. The Morgan fingerprint density at radius 1 is 0.566 bits per heavy atom. The molecular formula is C61H88N12O8S2. The Hall–Kier alpha value is -6.10. The van der Waals surface area contributed by atoms with Gasteiger partial charge in [-0.15, -0.1) is 11.8 Å². The van der Waals surface area contributed by atoms with Gasteiger partial charge in [-0.3, -0.25) is 18.7 Å². The highest BCUT2D eigenvalue weighted by molar-refractivity contribution is 7.99. The largest absolute Gasteiger partial charge is 0.469 e. The van der Waals surface area contributed by atoms with E-state index in [1.807, 2.05) is 22.7 Å². The van der Waals surface area contributed by atoms with Crippen LogP contribution in [-0.4, -0.2) is 110 Å². The maximum absolute atomic E-state index is 12.9. The number of sulfone groups is 1. The maximum atomic E-state index is 12.9. The lowest BCUT2D eigenvalue weighted by molar-refractivity contribution is -0.141. The van der Waals surface area contributed by atoms with E-state index in [1.54, 1.807) is 30.6 Å². The maximum Gasteiger partial charge on any atom is 0.305 e. The number of hydrogen-bond donors (Lipinski definition) is 4. The minimum atomic E-state index is -3.41. The second-order valence-corrected chi connectivity index (χ2v) is 25.3. The first-order chi connectivity index (χ1) is 40.1. The highest BCUT2D eigenvalue weighted by Crippen LogP contribution is 2.34. The van der Waals surface area contributed by atoms with Gasteiger partial charge in [0.1, 0.15) is 12.5 Å². The third-order valence-corrected chi connectivity index (χ3v) is 18.7. The van der Waals surface area contributed by atoms with Crippen molar-refractivity contribution in [2.24, 2.45) is 0 Å². The summed E-state index contributed by atoms with van der Waals surface area (Å²) in [5.41, 5.74) is 4.70. The highest BCUT2D eigenvalue weighted by Gasteiger charge is 2.26. The molecule has 2 saturated heterocycles. The molecule has 2 aliphatic heterocycles. The molecule has 20 nitrogen and oxygen atoms in total. The van der Waals surface area contributed by atoms with Gasteiger partial charge in [0.2, 0.25) is 11.9 Å². The van der Waals surface area contributed by atoms with Gasteiger partial charge < -0.3 is 40.2 Å². The van der Waals surface area contributed by atoms with Crippen LogP contribution in [0.4, 0.5) is 34.9 Å². The van der Waals surface area contributed by atoms with E-state index in [2.05, 4.69) is 59.8 Å². The van der Waals surface area contributed by atoms with Crippen molar-refractivity contribution in [3.05, 3.63) is 61.2 Å². The number of fused-ring (bicyclic) bond motifs is 2. The third kappa shape index (κ3) is 18.4. The number of rotatable bonds is 26. The molecule has 6 aromatic rings. The lowest BCUT2D eigenvalue weighted by Gasteiger charge is -2.25. The van der Waals surface area contributed by atoms with Crippen molar-refractivity contribution in [2.75, 3.05) is 60.2 Å². The van der Waals surface area contributed by atoms with Crippen molar-refractivity contribution in [1.82, 2.24) is 39.0 Å². The molecule has 10 rings (SSSR count). The summed E-state index contributed by atoms with van der Waals surface area (Å²) in [5, 5.41) is 14.0. The molecule has 0 spiro atoms. The summed E-state index contributed by atoms with van der Waals surface area (Å²) >= 11 is 1.86. The van der Waals surface area contributed by atoms with Crippen molar-refractivity contribution in [3.63, 3.8) is 0 Å². The predicted octanol–water partition coefficient (Wildman–Crippen LogP) is 13.8. The normalized spacial score (nSPS) is 17.9. The molecule has 6 heterocycles. The number of nitrogens with zero attached hydrogens (tertiary/aromatic N) is 8. The molecule has 4 aliphatic rings. The lowest BCUT2D eigenvalue weighted by atomic mass is 9.95. The summed E-state index contributed by atoms with van der Waals surface area (Å²) in [7, 11) is -0.589. The average molecular weight is 1180 g/mol. The molecule has 2 unspecified atom stereocenters. The number of methoxy groups -OCH3 is 2. The molecule has 2 saturated carbocycles. The SMILES string of the molecule is C.COC(=O)CCCCCCS(=O)(=O)c1ccc(Nc2nc(NC3CCCCC3)c3ncn(C4CCCCO4)c3n2)cc1.COC(=O)CCCCCCSc1ccc(Nc2nc(NC3CCCCC3)c3ncn(C4CCCCO4)c3n2)cc1. The molecule has 4 fully saturated rings. The molecule has 0 amide bonds. The van der Waals surface area contributed by atoms with Crippen LogP contribution in [0.15, 0.2) is 71.0 Å². The number of esters is 2. The molecule has 0 radical (unpaired) electrons. The number of carbonyl (C=O) groups is 2. The number of imidazole rings is 2. The van der Waals surface area contributed by atoms with Crippen molar-refractivity contribution < 1.29 is 37.0 Å². The van der Waals surface area contributed by atoms with E-state index in [0.717, 1.165) is 150 Å². The van der Waals surface area contributed by atoms with E-state index in [-0.39, 0.29) is 42.5 Å². The topological polar surface area (TPSA) is 241 Å². The number of ether oxygens (including phenoxy) is 4. The van der Waals surface area contributed by atoms with E-state index in [9.17, 15) is 18.0 Å². The first-order valence-electron chi connectivity index (χ1n) is 30.1. The van der Waals surface area contributed by atoms with Gasteiger partial charge >= 0.3 is 11.9 Å². The summed E-state index contributed by atoms with van der Waals surface area (Å²) in [5.74, 6) is 3.27. The van der Waals surface area contributed by atoms with Crippen LogP contribution in [0.1, 0.15) is 187 Å². The Kier molecular flexibility index (Phi) is 24.5. The van der Waals surface area contributed by atoms with Gasteiger partial charge in [-0.1, -0.05) is 71.6 Å². The van der Waals surface area contributed by atoms with Crippen molar-refractivity contribution in [1.29, 1.82) is 0 Å². The first-order valence-corrected chi connectivity index (χ1v) is 32.7. The fourth-order valence-corrected chi connectivity index (χ4v) is 13.4. The van der Waals surface area contributed by atoms with Crippen LogP contribution >= 0.6 is 11.8 Å². The Morgan fingerprint density at radius 3 is 1.47 bits per heavy atom. The summed E-state index contributed by atoms with van der Waals surface area (Å²) in [6, 6.07) is 15.9. The zero-order chi connectivity index (χ0) is 56.9. The molecule has 452 valence electrons. The third-order valence-electron chi connectivity index (χ3n) is 15.8. The second kappa shape index (κ2) is 32.3. The molecule has 2 atom stereocenters. The Balaban J connectivity index is 0.000000215. The quantitative estimate of drug-likeness (QED) is 0.0224. The van der Waals surface area contributed by atoms with Gasteiger partial charge in [-0.25, -0.2) is 18.4 Å². The second-order valence-electron chi connectivity index (χ2n) is 22.0. The summed E-state index contributed by atoms with van der Waals surface area (Å²) in [6.45, 7) is 1.49. The van der Waals surface area contributed by atoms with Crippen LogP contribution < -0.4 is 21.3 Å². The van der Waals surface area contributed by atoms with Crippen molar-refractivity contribution in [3.8, 4) is 0 Å². The standard InChI is InChI=1S/C30H42N6O5S.C30H42N6O3S.CH4/c1-40-26(37)14-7-2-3-10-20-42(38,39)24-17-15-23(16-18-24)33-30-34-28(32-22-11-5-4-6-12-22)27-29(35-30)36(21-31-27)25-13-8-9-19-41-25;1-38-26(37)14-7-2-3-10-20-40-24-17-15-23(16-18-24)33-30-34-28(32-22-11-5-4-6-12-22)27-29(35-30)36(21-31-27)25-13-8-9-19-39-25;/h15-18,21-22,25H,2-14,19-20H2,1H3,(H2,32,33,34,35);15-18,21-22,25H,2-14,19-20H2,1H3,(H2,32,33,34,35);1H4. The van der Waals surface area contributed by atoms with E-state index in [4.69, 9.17) is 39.1 Å². The number of anilines is 6. The summed E-state index contributed by atoms with van der Waals surface area (Å²) < 4.78 is 51.3. The minimum Gasteiger partial charge on any atom is -0.469 e. The van der Waals surface area contributed by atoms with Crippen molar-refractivity contribution in [2.45, 2.75) is 209 Å². The monoisotopic (exact) mass is 1180 g/mol. The van der Waals surface area contributed by atoms with Gasteiger partial charge in [0, 0.05) is 54.4 Å².